The quantitative estimate of drug-likeness (QED) is 0.210. The summed E-state index contributed by atoms with van der Waals surface area (Å²) in [5.41, 5.74) is 2.34. The van der Waals surface area contributed by atoms with Crippen molar-refractivity contribution in [1.82, 2.24) is 20.0 Å². The number of amides is 2. The fraction of sp³-hybridized carbons (Fsp3) is 0.323. The van der Waals surface area contributed by atoms with E-state index < -0.39 is 23.7 Å². The summed E-state index contributed by atoms with van der Waals surface area (Å²) in [6, 6.07) is 15.7. The molecule has 0 bridgehead atoms. The highest BCUT2D eigenvalue weighted by Crippen LogP contribution is 2.35. The smallest absolute Gasteiger partial charge is 0.416 e. The fourth-order valence-corrected chi connectivity index (χ4v) is 5.18. The van der Waals surface area contributed by atoms with Crippen molar-refractivity contribution in [3.63, 3.8) is 0 Å². The molecule has 226 valence electrons. The molecule has 2 heterocycles. The second-order valence-corrected chi connectivity index (χ2v) is 10.3. The first-order valence-corrected chi connectivity index (χ1v) is 14.1. The monoisotopic (exact) mass is 594 g/mol. The molecule has 0 aliphatic carbocycles. The van der Waals surface area contributed by atoms with Gasteiger partial charge in [-0.2, -0.15) is 18.3 Å². The van der Waals surface area contributed by atoms with E-state index in [9.17, 15) is 22.8 Å². The Morgan fingerprint density at radius 1 is 0.907 bits per heavy atom. The maximum Gasteiger partial charge on any atom is 0.416 e. The molecule has 12 heteroatoms. The van der Waals surface area contributed by atoms with Gasteiger partial charge in [-0.3, -0.25) is 10.00 Å². The Bertz CT molecular complexity index is 1610. The van der Waals surface area contributed by atoms with Crippen molar-refractivity contribution in [3.05, 3.63) is 77.5 Å². The second-order valence-electron chi connectivity index (χ2n) is 10.3. The number of rotatable bonds is 8. The number of carbonyl (C=O) groups excluding carboxylic acids is 2. The summed E-state index contributed by atoms with van der Waals surface area (Å²) in [7, 11) is 0. The van der Waals surface area contributed by atoms with Gasteiger partial charge in [-0.25, -0.2) is 9.59 Å². The maximum atomic E-state index is 14.0. The van der Waals surface area contributed by atoms with Gasteiger partial charge in [-0.05, 0) is 66.6 Å². The minimum atomic E-state index is -4.56. The van der Waals surface area contributed by atoms with Crippen LogP contribution in [0.3, 0.4) is 0 Å². The Hall–Kier alpha value is -4.42. The van der Waals surface area contributed by atoms with Crippen molar-refractivity contribution in [2.24, 2.45) is 0 Å². The summed E-state index contributed by atoms with van der Waals surface area (Å²) in [4.78, 5) is 29.2. The Kier molecular flexibility index (Phi) is 8.97. The van der Waals surface area contributed by atoms with Crippen LogP contribution in [-0.4, -0.2) is 71.3 Å². The molecule has 0 saturated carbocycles. The number of aromatic amines is 1. The standard InChI is InChI=1S/C31H33F3N6O3/c1-3-39-12-14-40(15-13-39)19-22-8-10-24(18-26(22)31(32,33)34)36-30(42)35-23-7-5-6-20(16-23)21-9-11-25-27(17-21)37-38-28(25)29(41)43-4-2/h5-11,16-18H,3-4,12-15,19H2,1-2H3,(H,37,38)(H2,35,36,42). The lowest BCUT2D eigenvalue weighted by Crippen LogP contribution is -2.45. The summed E-state index contributed by atoms with van der Waals surface area (Å²) < 4.78 is 47.0. The number of esters is 1. The van der Waals surface area contributed by atoms with E-state index in [1.54, 1.807) is 31.2 Å². The number of fused-ring (bicyclic) bond motifs is 1. The molecule has 3 N–H and O–H groups in total. The van der Waals surface area contributed by atoms with Crippen LogP contribution in [-0.2, 0) is 17.5 Å². The number of ether oxygens (including phenoxy) is 1. The molecule has 2 amide bonds. The zero-order valence-corrected chi connectivity index (χ0v) is 23.9. The first-order chi connectivity index (χ1) is 20.6. The van der Waals surface area contributed by atoms with E-state index in [0.717, 1.165) is 36.8 Å². The average Bonchev–Trinajstić information content (AvgIpc) is 3.41. The molecule has 0 radical (unpaired) electrons. The van der Waals surface area contributed by atoms with Gasteiger partial charge in [0.1, 0.15) is 0 Å². The van der Waals surface area contributed by atoms with Gasteiger partial charge in [-0.1, -0.05) is 31.2 Å². The van der Waals surface area contributed by atoms with Crippen LogP contribution >= 0.6 is 0 Å². The number of benzene rings is 3. The van der Waals surface area contributed by atoms with E-state index in [-0.39, 0.29) is 30.1 Å². The van der Waals surface area contributed by atoms with Crippen molar-refractivity contribution in [2.75, 3.05) is 50.0 Å². The van der Waals surface area contributed by atoms with Crippen LogP contribution in [0.2, 0.25) is 0 Å². The highest BCUT2D eigenvalue weighted by atomic mass is 19.4. The van der Waals surface area contributed by atoms with Crippen LogP contribution in [0.4, 0.5) is 29.3 Å². The zero-order chi connectivity index (χ0) is 30.6. The van der Waals surface area contributed by atoms with Gasteiger partial charge in [0.25, 0.3) is 0 Å². The number of anilines is 2. The Morgan fingerprint density at radius 3 is 2.30 bits per heavy atom. The van der Waals surface area contributed by atoms with Crippen LogP contribution in [0.1, 0.15) is 35.5 Å². The minimum absolute atomic E-state index is 0.0441. The Balaban J connectivity index is 1.27. The number of alkyl halides is 3. The van der Waals surface area contributed by atoms with Crippen molar-refractivity contribution < 1.29 is 27.5 Å². The summed E-state index contributed by atoms with van der Waals surface area (Å²) in [6.07, 6.45) is -4.56. The number of aromatic nitrogens is 2. The fourth-order valence-electron chi connectivity index (χ4n) is 5.18. The normalized spacial score (nSPS) is 14.5. The number of halogens is 3. The highest BCUT2D eigenvalue weighted by molar-refractivity contribution is 6.03. The number of nitrogens with one attached hydrogen (secondary N) is 3. The Morgan fingerprint density at radius 2 is 1.60 bits per heavy atom. The molecule has 0 atom stereocenters. The lowest BCUT2D eigenvalue weighted by molar-refractivity contribution is -0.138. The van der Waals surface area contributed by atoms with E-state index >= 15 is 0 Å². The summed E-state index contributed by atoms with van der Waals surface area (Å²) >= 11 is 0. The van der Waals surface area contributed by atoms with Gasteiger partial charge >= 0.3 is 18.2 Å². The first-order valence-electron chi connectivity index (χ1n) is 14.1. The summed E-state index contributed by atoms with van der Waals surface area (Å²) in [5, 5.41) is 12.8. The molecule has 1 aromatic heterocycles. The van der Waals surface area contributed by atoms with Crippen LogP contribution in [0.5, 0.6) is 0 Å². The van der Waals surface area contributed by atoms with Crippen LogP contribution in [0, 0.1) is 0 Å². The van der Waals surface area contributed by atoms with E-state index in [1.165, 1.54) is 12.1 Å². The van der Waals surface area contributed by atoms with Crippen molar-refractivity contribution in [1.29, 1.82) is 0 Å². The van der Waals surface area contributed by atoms with Gasteiger partial charge in [-0.15, -0.1) is 0 Å². The van der Waals surface area contributed by atoms with E-state index in [0.29, 0.717) is 29.7 Å². The first kappa shape index (κ1) is 30.1. The molecule has 5 rings (SSSR count). The Labute approximate surface area is 247 Å². The molecular weight excluding hydrogens is 561 g/mol. The average molecular weight is 595 g/mol. The number of urea groups is 1. The molecular formula is C31H33F3N6O3. The number of likely N-dealkylation sites (N-methyl/N-ethyl adjacent to an activating group) is 1. The van der Waals surface area contributed by atoms with Gasteiger partial charge < -0.3 is 20.3 Å². The molecule has 1 saturated heterocycles. The second kappa shape index (κ2) is 12.8. The number of H-pyrrole nitrogens is 1. The molecule has 4 aromatic rings. The highest BCUT2D eigenvalue weighted by Gasteiger charge is 2.34. The predicted molar refractivity (Wildman–Crippen MR) is 159 cm³/mol. The van der Waals surface area contributed by atoms with Crippen LogP contribution in [0.25, 0.3) is 22.0 Å². The molecule has 9 nitrogen and oxygen atoms in total. The number of hydrogen-bond acceptors (Lipinski definition) is 6. The molecule has 3 aromatic carbocycles. The van der Waals surface area contributed by atoms with E-state index in [1.807, 2.05) is 23.1 Å². The van der Waals surface area contributed by atoms with Gasteiger partial charge in [0.05, 0.1) is 17.7 Å². The van der Waals surface area contributed by atoms with E-state index in [4.69, 9.17) is 4.74 Å². The third-order valence-electron chi connectivity index (χ3n) is 7.46. The summed E-state index contributed by atoms with van der Waals surface area (Å²) in [6.45, 7) is 8.22. The largest absolute Gasteiger partial charge is 0.461 e. The molecule has 0 unspecified atom stereocenters. The minimum Gasteiger partial charge on any atom is -0.461 e. The molecule has 43 heavy (non-hydrogen) atoms. The van der Waals surface area contributed by atoms with Crippen molar-refractivity contribution >= 4 is 34.3 Å². The number of hydrogen-bond donors (Lipinski definition) is 3. The SMILES string of the molecule is CCOC(=O)c1n[nH]c2cc(-c3cccc(NC(=O)Nc4ccc(CN5CCN(CC)CC5)c(C(F)(F)F)c4)c3)ccc12. The lowest BCUT2D eigenvalue weighted by atomic mass is 10.0. The van der Waals surface area contributed by atoms with Gasteiger partial charge in [0.15, 0.2) is 5.69 Å². The molecule has 1 fully saturated rings. The predicted octanol–water partition coefficient (Wildman–Crippen LogP) is 6.21. The van der Waals surface area contributed by atoms with E-state index in [2.05, 4.69) is 32.7 Å². The van der Waals surface area contributed by atoms with Crippen LogP contribution in [0.15, 0.2) is 60.7 Å². The van der Waals surface area contributed by atoms with Crippen molar-refractivity contribution in [3.8, 4) is 11.1 Å². The van der Waals surface area contributed by atoms with Gasteiger partial charge in [0, 0.05) is 49.5 Å². The number of carbonyl (C=O) groups is 2. The molecule has 0 spiro atoms. The zero-order valence-electron chi connectivity index (χ0n) is 23.9. The van der Waals surface area contributed by atoms with Gasteiger partial charge in [0.2, 0.25) is 0 Å². The number of nitrogens with zero attached hydrogens (tertiary/aromatic N) is 3. The number of piperazine rings is 1. The topological polar surface area (TPSA) is 103 Å². The summed E-state index contributed by atoms with van der Waals surface area (Å²) in [5.74, 6) is -0.513. The van der Waals surface area contributed by atoms with Crippen molar-refractivity contribution in [2.45, 2.75) is 26.6 Å². The van der Waals surface area contributed by atoms with Crippen LogP contribution < -0.4 is 10.6 Å². The molecule has 1 aliphatic heterocycles. The third kappa shape index (κ3) is 7.15. The third-order valence-corrected chi connectivity index (χ3v) is 7.46. The molecule has 1 aliphatic rings. The maximum absolute atomic E-state index is 14.0. The lowest BCUT2D eigenvalue weighted by Gasteiger charge is -2.34.